The van der Waals surface area contributed by atoms with Crippen molar-refractivity contribution in [2.45, 2.75) is 0 Å². The molecule has 0 aliphatic carbocycles. The van der Waals surface area contributed by atoms with Crippen molar-refractivity contribution < 1.29 is 40.1 Å². The molecule has 3 heterocycles. The molecule has 0 aliphatic heterocycles. The minimum Gasteiger partial charge on any atom is -0.456 e. The van der Waals surface area contributed by atoms with E-state index in [4.69, 9.17) is 31.8 Å². The molecular formula is C44H26N2OS. The lowest BCUT2D eigenvalue weighted by atomic mass is 9.99. The molecule has 0 radical (unpaired) electrons. The second-order valence-electron chi connectivity index (χ2n) is 10.1. The third-order valence-electron chi connectivity index (χ3n) is 7.37. The summed E-state index contributed by atoms with van der Waals surface area (Å²) >= 11 is 0.668. The van der Waals surface area contributed by atoms with Crippen LogP contribution in [0, 0.1) is 0 Å². The molecule has 0 fully saturated rings. The summed E-state index contributed by atoms with van der Waals surface area (Å²) in [6, 6.07) is -20.8. The van der Waals surface area contributed by atoms with Gasteiger partial charge in [-0.3, -0.25) is 0 Å². The van der Waals surface area contributed by atoms with Crippen molar-refractivity contribution in [3.8, 4) is 44.9 Å². The average Bonchev–Trinajstić information content (AvgIpc) is 3.96. The smallest absolute Gasteiger partial charge is 0.161 e. The molecule has 4 heteroatoms. The predicted molar refractivity (Wildman–Crippen MR) is 201 cm³/mol. The maximum absolute atomic E-state index is 9.41. The van der Waals surface area contributed by atoms with Gasteiger partial charge in [-0.2, -0.15) is 0 Å². The van der Waals surface area contributed by atoms with Crippen molar-refractivity contribution in [2.75, 3.05) is 0 Å². The van der Waals surface area contributed by atoms with Gasteiger partial charge in [-0.05, 0) is 63.2 Å². The summed E-state index contributed by atoms with van der Waals surface area (Å²) in [6.07, 6.45) is 0. The van der Waals surface area contributed by atoms with Gasteiger partial charge in [0.25, 0.3) is 0 Å². The molecule has 0 aliphatic rings. The fourth-order valence-corrected chi connectivity index (χ4v) is 6.27. The highest BCUT2D eigenvalue weighted by atomic mass is 32.1. The molecule has 7 aromatic carbocycles. The monoisotopic (exact) mass is 656 g/mol. The lowest BCUT2D eigenvalue weighted by molar-refractivity contribution is 0.669. The maximum atomic E-state index is 9.41. The number of thiophene rings is 1. The molecule has 0 N–H and O–H groups in total. The van der Waals surface area contributed by atoms with Gasteiger partial charge in [0.15, 0.2) is 5.82 Å². The Bertz CT molecular complexity index is 4280. The summed E-state index contributed by atoms with van der Waals surface area (Å²) in [4.78, 5) is 9.29. The average molecular weight is 657 g/mol. The minimum absolute atomic E-state index is 0.126. The van der Waals surface area contributed by atoms with Crippen LogP contribution in [0.3, 0.4) is 0 Å². The summed E-state index contributed by atoms with van der Waals surface area (Å²) in [5.41, 5.74) is -5.91. The second kappa shape index (κ2) is 10.7. The van der Waals surface area contributed by atoms with Gasteiger partial charge in [-0.1, -0.05) is 127 Å². The van der Waals surface area contributed by atoms with E-state index in [1.807, 2.05) is 0 Å². The Kier molecular flexibility index (Phi) is 2.65. The highest BCUT2D eigenvalue weighted by Gasteiger charge is 2.20. The molecule has 0 amide bonds. The van der Waals surface area contributed by atoms with Crippen LogP contribution in [0.15, 0.2) is 162 Å². The van der Waals surface area contributed by atoms with E-state index >= 15 is 0 Å². The lowest BCUT2D eigenvalue weighted by Crippen LogP contribution is -1.94. The number of aromatic nitrogens is 2. The summed E-state index contributed by atoms with van der Waals surface area (Å²) in [5, 5.41) is -2.18. The number of rotatable bonds is 4. The topological polar surface area (TPSA) is 38.9 Å². The van der Waals surface area contributed by atoms with Crippen LogP contribution >= 0.6 is 11.3 Å². The van der Waals surface area contributed by atoms with Crippen molar-refractivity contribution in [3.63, 3.8) is 0 Å². The van der Waals surface area contributed by atoms with E-state index < -0.39 is 235 Å². The molecule has 10 rings (SSSR count). The molecular weight excluding hydrogens is 605 g/mol. The lowest BCUT2D eigenvalue weighted by Gasteiger charge is -2.09. The number of benzene rings is 7. The highest BCUT2D eigenvalue weighted by molar-refractivity contribution is 7.26. The molecule has 10 aromatic rings. The first kappa shape index (κ1) is 11.9. The maximum Gasteiger partial charge on any atom is 0.161 e. The van der Waals surface area contributed by atoms with Crippen LogP contribution in [0.1, 0.15) is 35.6 Å². The number of hydrogen-bond acceptors (Lipinski definition) is 4. The number of fused-ring (bicyclic) bond motifs is 7. The molecule has 0 saturated heterocycles. The Morgan fingerprint density at radius 3 is 2.10 bits per heavy atom. The normalized spacial score (nSPS) is 19.3. The fourth-order valence-electron chi connectivity index (χ4n) is 5.22. The van der Waals surface area contributed by atoms with E-state index in [0.29, 0.717) is 11.3 Å². The molecule has 48 heavy (non-hydrogen) atoms. The molecule has 0 bridgehead atoms. The summed E-state index contributed by atoms with van der Waals surface area (Å²) in [5.74, 6) is -0.664. The van der Waals surface area contributed by atoms with E-state index in [0.717, 1.165) is 0 Å². The van der Waals surface area contributed by atoms with E-state index in [-0.39, 0.29) is 20.3 Å². The second-order valence-corrected chi connectivity index (χ2v) is 11.2. The quantitative estimate of drug-likeness (QED) is 0.189. The van der Waals surface area contributed by atoms with E-state index in [1.165, 1.54) is 0 Å². The molecule has 224 valence electrons. The van der Waals surface area contributed by atoms with Crippen molar-refractivity contribution in [1.29, 1.82) is 0 Å². The number of hydrogen-bond donors (Lipinski definition) is 0. The third kappa shape index (κ3) is 4.34. The zero-order chi connectivity index (χ0) is 54.2. The first-order valence-electron chi connectivity index (χ1n) is 27.0. The van der Waals surface area contributed by atoms with Crippen LogP contribution < -0.4 is 0 Å². The summed E-state index contributed by atoms with van der Waals surface area (Å²) < 4.78 is 234. The van der Waals surface area contributed by atoms with Gasteiger partial charge in [-0.25, -0.2) is 9.97 Å². The van der Waals surface area contributed by atoms with Gasteiger partial charge < -0.3 is 4.42 Å². The zero-order valence-corrected chi connectivity index (χ0v) is 24.5. The molecule has 0 unspecified atom stereocenters. The molecule has 0 spiro atoms. The fraction of sp³-hybridized carbons (Fsp3) is 0. The summed E-state index contributed by atoms with van der Waals surface area (Å²) in [7, 11) is 0. The van der Waals surface area contributed by atoms with Gasteiger partial charge in [-0.15, -0.1) is 11.3 Å². The predicted octanol–water partition coefficient (Wildman–Crippen LogP) is 12.6. The molecule has 3 nitrogen and oxygen atoms in total. The minimum atomic E-state index is -0.911. The van der Waals surface area contributed by atoms with Crippen LogP contribution in [-0.2, 0) is 0 Å². The standard InChI is InChI=1S/C44H26N2OS/c1-2-9-27(10-3-1)29-17-20-30(21-18-29)41-43-42(35-13-6-7-16-39(35)48-43)46-44(45-41)36-14-8-15-37-40(36)34-24-23-33(26-38(34)47-37)32-22-19-28-11-4-5-12-31(28)25-32/h1-26H/i1D,2D,3D,4D,5D,6D,7D,8D,9D,10D,11D,12D,13D,14D,15D,16D,17D,18D,19D,20D,21D,22D,23D,24D,25D,26D. The van der Waals surface area contributed by atoms with Crippen LogP contribution in [0.5, 0.6) is 0 Å². The van der Waals surface area contributed by atoms with Crippen LogP contribution in [0.4, 0.5) is 0 Å². The SMILES string of the molecule is [2H]c1c([2H])c([2H])c(-c2c([2H])c([2H])c(-c3nc(-c4c([2H])c([2H])c([2H])c5oc6c([2H])c(-c7c([2H])c([2H])c8c([2H])c([2H])c([2H])c([2H])c8c7[2H])c([2H])c([2H])c6c45)nc4c3sc3c([2H])c([2H])c([2H])c([2H])c34)c([2H])c2[2H])c([2H])c1[2H]. The first-order chi connectivity index (χ1) is 34.6. The van der Waals surface area contributed by atoms with E-state index in [9.17, 15) is 8.22 Å². The third-order valence-corrected chi connectivity index (χ3v) is 8.47. The van der Waals surface area contributed by atoms with Gasteiger partial charge in [0.1, 0.15) is 11.2 Å². The van der Waals surface area contributed by atoms with Gasteiger partial charge >= 0.3 is 0 Å². The van der Waals surface area contributed by atoms with Crippen LogP contribution in [0.25, 0.3) is 97.9 Å². The van der Waals surface area contributed by atoms with Crippen molar-refractivity contribution >= 4 is 64.4 Å². The Balaban J connectivity index is 1.35. The number of nitrogens with zero attached hydrogens (tertiary/aromatic N) is 2. The van der Waals surface area contributed by atoms with E-state index in [2.05, 4.69) is 9.97 Å². The van der Waals surface area contributed by atoms with Crippen LogP contribution in [-0.4, -0.2) is 9.97 Å². The molecule has 3 aromatic heterocycles. The van der Waals surface area contributed by atoms with Gasteiger partial charge in [0.2, 0.25) is 0 Å². The van der Waals surface area contributed by atoms with Crippen molar-refractivity contribution in [3.05, 3.63) is 157 Å². The Morgan fingerprint density at radius 2 is 1.21 bits per heavy atom. The van der Waals surface area contributed by atoms with Crippen molar-refractivity contribution in [2.24, 2.45) is 0 Å². The molecule has 0 atom stereocenters. The Labute approximate surface area is 316 Å². The summed E-state index contributed by atoms with van der Waals surface area (Å²) in [6.45, 7) is 0. The highest BCUT2D eigenvalue weighted by Crippen LogP contribution is 2.42. The van der Waals surface area contributed by atoms with Crippen molar-refractivity contribution in [1.82, 2.24) is 9.97 Å². The zero-order valence-electron chi connectivity index (χ0n) is 49.7. The Hall–Kier alpha value is -6.10. The first-order valence-corrected chi connectivity index (χ1v) is 14.8. The van der Waals surface area contributed by atoms with E-state index in [1.54, 1.807) is 0 Å². The van der Waals surface area contributed by atoms with Gasteiger partial charge in [0.05, 0.1) is 51.6 Å². The molecule has 0 saturated carbocycles. The van der Waals surface area contributed by atoms with Crippen LogP contribution in [0.2, 0.25) is 0 Å². The number of furan rings is 1. The largest absolute Gasteiger partial charge is 0.456 e. The Morgan fingerprint density at radius 1 is 0.500 bits per heavy atom. The van der Waals surface area contributed by atoms with Gasteiger partial charge in [0, 0.05) is 32.0 Å².